The van der Waals surface area contributed by atoms with E-state index in [-0.39, 0.29) is 54.9 Å². The largest absolute Gasteiger partial charge is 0.491 e. The van der Waals surface area contributed by atoms with Crippen molar-refractivity contribution in [2.24, 2.45) is 11.8 Å². The second-order valence-corrected chi connectivity index (χ2v) is 9.40. The van der Waals surface area contributed by atoms with Crippen LogP contribution in [0.2, 0.25) is 0 Å². The first kappa shape index (κ1) is 26.0. The molecule has 2 aliphatic rings. The predicted molar refractivity (Wildman–Crippen MR) is 128 cm³/mol. The van der Waals surface area contributed by atoms with Crippen LogP contribution >= 0.6 is 0 Å². The normalized spacial score (nSPS) is 24.3. The molecule has 1 saturated carbocycles. The highest BCUT2D eigenvalue weighted by atomic mass is 16.5. The molecule has 0 unspecified atom stereocenters. The van der Waals surface area contributed by atoms with Crippen molar-refractivity contribution in [2.45, 2.75) is 45.3 Å². The lowest BCUT2D eigenvalue weighted by molar-refractivity contribution is -0.139. The van der Waals surface area contributed by atoms with Crippen LogP contribution in [-0.4, -0.2) is 87.2 Å². The zero-order valence-electron chi connectivity index (χ0n) is 20.8. The van der Waals surface area contributed by atoms with Crippen LogP contribution in [0.1, 0.15) is 43.5 Å². The van der Waals surface area contributed by atoms with E-state index in [1.54, 1.807) is 42.2 Å². The summed E-state index contributed by atoms with van der Waals surface area (Å²) in [6, 6.07) is 4.86. The average molecular weight is 476 g/mol. The molecule has 1 fully saturated rings. The number of rotatable bonds is 5. The van der Waals surface area contributed by atoms with Crippen LogP contribution in [0.15, 0.2) is 18.2 Å². The lowest BCUT2D eigenvalue weighted by Gasteiger charge is -2.36. The Bertz CT molecular complexity index is 887. The van der Waals surface area contributed by atoms with Crippen LogP contribution in [0.5, 0.6) is 5.75 Å². The number of hydrogen-bond acceptors (Lipinski definition) is 6. The Morgan fingerprint density at radius 1 is 1.18 bits per heavy atom. The van der Waals surface area contributed by atoms with Gasteiger partial charge in [0.1, 0.15) is 19.0 Å². The molecule has 1 heterocycles. The molecule has 3 rings (SSSR count). The fraction of sp³-hybridized carbons (Fsp3) is 0.640. The van der Waals surface area contributed by atoms with E-state index in [0.717, 1.165) is 19.3 Å². The van der Waals surface area contributed by atoms with Crippen molar-refractivity contribution in [3.05, 3.63) is 23.8 Å². The Morgan fingerprint density at radius 3 is 2.53 bits per heavy atom. The minimum absolute atomic E-state index is 0.0183. The van der Waals surface area contributed by atoms with Gasteiger partial charge in [-0.25, -0.2) is 0 Å². The first-order chi connectivity index (χ1) is 16.2. The molecule has 3 amide bonds. The monoisotopic (exact) mass is 475 g/mol. The number of ether oxygens (including phenoxy) is 3. The molecule has 3 atom stereocenters. The van der Waals surface area contributed by atoms with Gasteiger partial charge in [-0.2, -0.15) is 0 Å². The Morgan fingerprint density at radius 2 is 1.91 bits per heavy atom. The minimum atomic E-state index is -0.274. The number of likely N-dealkylation sites (N-methyl/N-ethyl adjacent to an activating group) is 1. The van der Waals surface area contributed by atoms with E-state index < -0.39 is 0 Å². The van der Waals surface area contributed by atoms with Crippen LogP contribution < -0.4 is 10.1 Å². The molecule has 0 radical (unpaired) electrons. The van der Waals surface area contributed by atoms with E-state index in [1.165, 1.54) is 7.11 Å². The van der Waals surface area contributed by atoms with Gasteiger partial charge in [-0.3, -0.25) is 14.4 Å². The third-order valence-electron chi connectivity index (χ3n) is 6.78. The number of nitrogens with one attached hydrogen (secondary N) is 1. The minimum Gasteiger partial charge on any atom is -0.491 e. The number of benzene rings is 1. The van der Waals surface area contributed by atoms with Crippen LogP contribution in [0, 0.1) is 11.8 Å². The number of carbonyl (C=O) groups excluding carboxylic acids is 3. The van der Waals surface area contributed by atoms with Gasteiger partial charge in [-0.15, -0.1) is 0 Å². The van der Waals surface area contributed by atoms with Gasteiger partial charge < -0.3 is 29.3 Å². The standard InChI is InChI=1S/C25H37N3O6/c1-16-12-28(23(29)15-32-4)17(2)14-34-21-10-9-19(26-24(30)18-7-6-8-18)11-20(21)25(31)27(3)13-22(16)33-5/h9-11,16-18,22H,6-8,12-15H2,1-5H3,(H,26,30)/t16-,17-,22-/m1/s1. The van der Waals surface area contributed by atoms with E-state index in [2.05, 4.69) is 5.32 Å². The number of anilines is 1. The third-order valence-corrected chi connectivity index (χ3v) is 6.78. The van der Waals surface area contributed by atoms with Crippen molar-refractivity contribution in [1.82, 2.24) is 9.80 Å². The maximum absolute atomic E-state index is 13.4. The van der Waals surface area contributed by atoms with Crippen LogP contribution in [0.25, 0.3) is 0 Å². The second-order valence-electron chi connectivity index (χ2n) is 9.40. The summed E-state index contributed by atoms with van der Waals surface area (Å²) in [5.41, 5.74) is 0.925. The van der Waals surface area contributed by atoms with Gasteiger partial charge >= 0.3 is 0 Å². The summed E-state index contributed by atoms with van der Waals surface area (Å²) >= 11 is 0. The highest BCUT2D eigenvalue weighted by Crippen LogP contribution is 2.30. The Hall–Kier alpha value is -2.65. The fourth-order valence-electron chi connectivity index (χ4n) is 4.32. The number of amides is 3. The Balaban J connectivity index is 1.91. The first-order valence-electron chi connectivity index (χ1n) is 11.9. The lowest BCUT2D eigenvalue weighted by atomic mass is 9.85. The van der Waals surface area contributed by atoms with Crippen molar-refractivity contribution >= 4 is 23.4 Å². The number of fused-ring (bicyclic) bond motifs is 1. The van der Waals surface area contributed by atoms with Crippen LogP contribution in [0.3, 0.4) is 0 Å². The van der Waals surface area contributed by atoms with Gasteiger partial charge in [0.25, 0.3) is 5.91 Å². The van der Waals surface area contributed by atoms with Gasteiger partial charge in [0.2, 0.25) is 11.8 Å². The molecule has 188 valence electrons. The SMILES string of the molecule is COCC(=O)N1C[C@@H](C)[C@H](OC)CN(C)C(=O)c2cc(NC(=O)C3CCC3)ccc2OC[C@H]1C. The van der Waals surface area contributed by atoms with E-state index in [9.17, 15) is 14.4 Å². The number of carbonyl (C=O) groups is 3. The smallest absolute Gasteiger partial charge is 0.257 e. The third kappa shape index (κ3) is 6.07. The van der Waals surface area contributed by atoms with Gasteiger partial charge in [-0.05, 0) is 38.0 Å². The molecule has 1 aromatic carbocycles. The number of hydrogen-bond donors (Lipinski definition) is 1. The quantitative estimate of drug-likeness (QED) is 0.703. The van der Waals surface area contributed by atoms with Gasteiger partial charge in [-0.1, -0.05) is 13.3 Å². The molecule has 0 spiro atoms. The second kappa shape index (κ2) is 11.7. The molecular formula is C25H37N3O6. The summed E-state index contributed by atoms with van der Waals surface area (Å²) in [5, 5.41) is 2.93. The van der Waals surface area contributed by atoms with Crippen LogP contribution in [-0.2, 0) is 19.1 Å². The Labute approximate surface area is 201 Å². The fourth-order valence-corrected chi connectivity index (χ4v) is 4.32. The molecule has 9 heteroatoms. The molecule has 34 heavy (non-hydrogen) atoms. The molecule has 1 N–H and O–H groups in total. The molecule has 0 bridgehead atoms. The average Bonchev–Trinajstić information content (AvgIpc) is 2.77. The highest BCUT2D eigenvalue weighted by molar-refractivity contribution is 6.00. The van der Waals surface area contributed by atoms with E-state index >= 15 is 0 Å². The van der Waals surface area contributed by atoms with Crippen molar-refractivity contribution < 1.29 is 28.6 Å². The lowest BCUT2D eigenvalue weighted by Crippen LogP contribution is -2.49. The number of nitrogens with zero attached hydrogens (tertiary/aromatic N) is 2. The summed E-state index contributed by atoms with van der Waals surface area (Å²) in [7, 11) is 4.82. The van der Waals surface area contributed by atoms with E-state index in [0.29, 0.717) is 30.1 Å². The summed E-state index contributed by atoms with van der Waals surface area (Å²) in [4.78, 5) is 41.9. The molecular weight excluding hydrogens is 438 g/mol. The Kier molecular flexibility index (Phi) is 8.90. The summed E-state index contributed by atoms with van der Waals surface area (Å²) in [6.45, 7) is 4.89. The highest BCUT2D eigenvalue weighted by Gasteiger charge is 2.31. The molecule has 1 aliphatic carbocycles. The predicted octanol–water partition coefficient (Wildman–Crippen LogP) is 2.40. The van der Waals surface area contributed by atoms with Gasteiger partial charge in [0, 0.05) is 51.9 Å². The van der Waals surface area contributed by atoms with Crippen molar-refractivity contribution in [2.75, 3.05) is 52.9 Å². The summed E-state index contributed by atoms with van der Waals surface area (Å²) in [5.74, 6) is 0.0504. The summed E-state index contributed by atoms with van der Waals surface area (Å²) in [6.07, 6.45) is 2.59. The van der Waals surface area contributed by atoms with Gasteiger partial charge in [0.05, 0.1) is 17.7 Å². The molecule has 1 aromatic rings. The van der Waals surface area contributed by atoms with Crippen molar-refractivity contribution in [3.63, 3.8) is 0 Å². The van der Waals surface area contributed by atoms with Crippen molar-refractivity contribution in [3.8, 4) is 5.75 Å². The zero-order valence-corrected chi connectivity index (χ0v) is 20.8. The van der Waals surface area contributed by atoms with Crippen LogP contribution in [0.4, 0.5) is 5.69 Å². The summed E-state index contributed by atoms with van der Waals surface area (Å²) < 4.78 is 16.8. The zero-order chi connectivity index (χ0) is 24.8. The van der Waals surface area contributed by atoms with Gasteiger partial charge in [0.15, 0.2) is 0 Å². The molecule has 0 saturated heterocycles. The maximum atomic E-state index is 13.4. The van der Waals surface area contributed by atoms with Crippen molar-refractivity contribution in [1.29, 1.82) is 0 Å². The topological polar surface area (TPSA) is 97.4 Å². The maximum Gasteiger partial charge on any atom is 0.257 e. The molecule has 0 aromatic heterocycles. The van der Waals surface area contributed by atoms with E-state index in [1.807, 2.05) is 13.8 Å². The first-order valence-corrected chi connectivity index (χ1v) is 11.9. The number of methoxy groups -OCH3 is 2. The molecule has 1 aliphatic heterocycles. The van der Waals surface area contributed by atoms with E-state index in [4.69, 9.17) is 14.2 Å². The molecule has 9 nitrogen and oxygen atoms in total.